The highest BCUT2D eigenvalue weighted by atomic mass is 35.5. The highest BCUT2D eigenvalue weighted by Crippen LogP contribution is 2.34. The first-order valence-electron chi connectivity index (χ1n) is 10.8. The Morgan fingerprint density at radius 1 is 0.889 bits per heavy atom. The molecule has 10 heteroatoms. The van der Waals surface area contributed by atoms with Gasteiger partial charge in [-0.15, -0.1) is 0 Å². The van der Waals surface area contributed by atoms with E-state index in [-0.39, 0.29) is 28.0 Å². The molecule has 0 atom stereocenters. The number of carbonyl (C=O) groups is 1. The van der Waals surface area contributed by atoms with Gasteiger partial charge in [-0.1, -0.05) is 67.4 Å². The molecule has 0 aliphatic heterocycles. The van der Waals surface area contributed by atoms with Crippen LogP contribution >= 0.6 is 23.2 Å². The highest BCUT2D eigenvalue weighted by Gasteiger charge is 2.35. The SMILES string of the molecule is CC.O=COc1ccc(-c2ccc(OCc3cc(C(F)(F)F)nn3-c3c(Cl)cccc3Cl)cc2)cc1. The quantitative estimate of drug-likeness (QED) is 0.224. The number of hydrogen-bond donors (Lipinski definition) is 0. The van der Waals surface area contributed by atoms with E-state index in [4.69, 9.17) is 32.7 Å². The third-order valence-electron chi connectivity index (χ3n) is 4.84. The van der Waals surface area contributed by atoms with Crippen LogP contribution in [0.5, 0.6) is 11.5 Å². The zero-order chi connectivity index (χ0) is 26.3. The van der Waals surface area contributed by atoms with Crippen LogP contribution in [-0.2, 0) is 17.6 Å². The van der Waals surface area contributed by atoms with Gasteiger partial charge in [-0.2, -0.15) is 18.3 Å². The van der Waals surface area contributed by atoms with Crippen LogP contribution < -0.4 is 9.47 Å². The first-order chi connectivity index (χ1) is 17.3. The van der Waals surface area contributed by atoms with Crippen molar-refractivity contribution in [2.45, 2.75) is 26.6 Å². The molecule has 0 saturated carbocycles. The Hall–Kier alpha value is -3.49. The van der Waals surface area contributed by atoms with Gasteiger partial charge in [0.05, 0.1) is 15.7 Å². The first kappa shape index (κ1) is 27.1. The molecule has 188 valence electrons. The fraction of sp³-hybridized carbons (Fsp3) is 0.154. The number of halogens is 5. The third kappa shape index (κ3) is 6.38. The van der Waals surface area contributed by atoms with Gasteiger partial charge in [-0.3, -0.25) is 4.79 Å². The summed E-state index contributed by atoms with van der Waals surface area (Å²) in [5.74, 6) is 0.864. The molecule has 4 aromatic rings. The van der Waals surface area contributed by atoms with Crippen LogP contribution in [0.1, 0.15) is 25.2 Å². The lowest BCUT2D eigenvalue weighted by Gasteiger charge is -2.12. The Labute approximate surface area is 216 Å². The van der Waals surface area contributed by atoms with Gasteiger partial charge in [0.2, 0.25) is 0 Å². The molecular weight excluding hydrogens is 516 g/mol. The maximum atomic E-state index is 13.3. The molecule has 0 aliphatic rings. The number of carbonyl (C=O) groups excluding carboxylic acids is 1. The molecule has 0 fully saturated rings. The molecule has 1 aromatic heterocycles. The van der Waals surface area contributed by atoms with Crippen LogP contribution in [0, 0.1) is 0 Å². The zero-order valence-corrected chi connectivity index (χ0v) is 20.7. The molecule has 0 amide bonds. The number of nitrogens with zero attached hydrogens (tertiary/aromatic N) is 2. The predicted molar refractivity (Wildman–Crippen MR) is 133 cm³/mol. The zero-order valence-electron chi connectivity index (χ0n) is 19.2. The van der Waals surface area contributed by atoms with Crippen LogP contribution in [0.15, 0.2) is 72.8 Å². The molecular formula is C26H21Cl2F3N2O3. The van der Waals surface area contributed by atoms with Gasteiger partial charge in [-0.05, 0) is 53.6 Å². The van der Waals surface area contributed by atoms with E-state index in [2.05, 4.69) is 5.10 Å². The first-order valence-corrected chi connectivity index (χ1v) is 11.6. The molecule has 0 bridgehead atoms. The number of benzene rings is 3. The molecule has 0 spiro atoms. The second-order valence-electron chi connectivity index (χ2n) is 7.05. The van der Waals surface area contributed by atoms with Crippen molar-refractivity contribution in [2.75, 3.05) is 0 Å². The van der Waals surface area contributed by atoms with Crippen molar-refractivity contribution >= 4 is 29.7 Å². The maximum Gasteiger partial charge on any atom is 0.435 e. The minimum Gasteiger partial charge on any atom is -0.487 e. The van der Waals surface area contributed by atoms with Gasteiger partial charge in [-0.25, -0.2) is 4.68 Å². The lowest BCUT2D eigenvalue weighted by Crippen LogP contribution is -2.09. The van der Waals surface area contributed by atoms with Crippen molar-refractivity contribution in [1.29, 1.82) is 0 Å². The van der Waals surface area contributed by atoms with E-state index in [1.54, 1.807) is 54.6 Å². The van der Waals surface area contributed by atoms with Crippen molar-refractivity contribution in [3.05, 3.63) is 94.2 Å². The summed E-state index contributed by atoms with van der Waals surface area (Å²) in [5.41, 5.74) is 0.928. The van der Waals surface area contributed by atoms with Crippen molar-refractivity contribution in [3.8, 4) is 28.3 Å². The maximum absolute atomic E-state index is 13.3. The Morgan fingerprint density at radius 2 is 1.42 bits per heavy atom. The van der Waals surface area contributed by atoms with E-state index in [0.717, 1.165) is 21.9 Å². The Morgan fingerprint density at radius 3 is 1.92 bits per heavy atom. The summed E-state index contributed by atoms with van der Waals surface area (Å²) in [7, 11) is 0. The van der Waals surface area contributed by atoms with E-state index >= 15 is 0 Å². The smallest absolute Gasteiger partial charge is 0.435 e. The van der Waals surface area contributed by atoms with E-state index in [1.165, 1.54) is 12.1 Å². The van der Waals surface area contributed by atoms with Gasteiger partial charge in [0, 0.05) is 0 Å². The van der Waals surface area contributed by atoms with Gasteiger partial charge in [0.15, 0.2) is 5.69 Å². The topological polar surface area (TPSA) is 53.4 Å². The predicted octanol–water partition coefficient (Wildman–Crippen LogP) is 8.01. The Balaban J connectivity index is 0.00000176. The molecule has 0 saturated heterocycles. The van der Waals surface area contributed by atoms with Crippen molar-refractivity contribution in [2.24, 2.45) is 0 Å². The summed E-state index contributed by atoms with van der Waals surface area (Å²) in [6.45, 7) is 4.15. The lowest BCUT2D eigenvalue weighted by molar-refractivity contribution is -0.141. The van der Waals surface area contributed by atoms with Crippen LogP contribution in [-0.4, -0.2) is 16.3 Å². The van der Waals surface area contributed by atoms with Gasteiger partial charge in [0.25, 0.3) is 6.47 Å². The standard InChI is InChI=1S/C24H15Cl2F3N2O3.C2H6/c25-20-2-1-3-21(26)23(20)31-17(12-22(30-31)24(27,28)29)13-33-18-8-4-15(5-9-18)16-6-10-19(11-7-16)34-14-32;1-2/h1-12,14H,13H2;1-2H3. The third-order valence-corrected chi connectivity index (χ3v) is 5.45. The number of para-hydroxylation sites is 1. The normalized spacial score (nSPS) is 10.9. The lowest BCUT2D eigenvalue weighted by atomic mass is 10.1. The Kier molecular flexibility index (Phi) is 9.01. The minimum atomic E-state index is -4.65. The number of alkyl halides is 3. The van der Waals surface area contributed by atoms with E-state index in [9.17, 15) is 18.0 Å². The number of hydrogen-bond acceptors (Lipinski definition) is 4. The van der Waals surface area contributed by atoms with Crippen LogP contribution in [0.2, 0.25) is 10.0 Å². The van der Waals surface area contributed by atoms with Crippen molar-refractivity contribution in [1.82, 2.24) is 9.78 Å². The second kappa shape index (κ2) is 12.0. The molecule has 4 rings (SSSR count). The molecule has 0 aliphatic carbocycles. The summed E-state index contributed by atoms with van der Waals surface area (Å²) in [6.07, 6.45) is -4.65. The van der Waals surface area contributed by atoms with E-state index in [1.807, 2.05) is 13.8 Å². The molecule has 0 radical (unpaired) electrons. The largest absolute Gasteiger partial charge is 0.487 e. The van der Waals surface area contributed by atoms with Gasteiger partial charge < -0.3 is 9.47 Å². The van der Waals surface area contributed by atoms with Gasteiger partial charge >= 0.3 is 6.18 Å². The summed E-state index contributed by atoms with van der Waals surface area (Å²) in [6, 6.07) is 19.4. The molecule has 0 N–H and O–H groups in total. The Bertz CT molecular complexity index is 1290. The number of aromatic nitrogens is 2. The summed E-state index contributed by atoms with van der Waals surface area (Å²) in [5, 5.41) is 3.98. The monoisotopic (exact) mass is 536 g/mol. The summed E-state index contributed by atoms with van der Waals surface area (Å²) >= 11 is 12.4. The number of ether oxygens (including phenoxy) is 2. The molecule has 3 aromatic carbocycles. The van der Waals surface area contributed by atoms with Crippen LogP contribution in [0.3, 0.4) is 0 Å². The second-order valence-corrected chi connectivity index (χ2v) is 7.87. The average molecular weight is 537 g/mol. The fourth-order valence-corrected chi connectivity index (χ4v) is 3.79. The molecule has 36 heavy (non-hydrogen) atoms. The summed E-state index contributed by atoms with van der Waals surface area (Å²) < 4.78 is 51.5. The fourth-order valence-electron chi connectivity index (χ4n) is 3.23. The van der Waals surface area contributed by atoms with Crippen LogP contribution in [0.4, 0.5) is 13.2 Å². The highest BCUT2D eigenvalue weighted by molar-refractivity contribution is 6.37. The van der Waals surface area contributed by atoms with E-state index < -0.39 is 11.9 Å². The van der Waals surface area contributed by atoms with Crippen molar-refractivity contribution < 1.29 is 27.4 Å². The molecule has 0 unspecified atom stereocenters. The average Bonchev–Trinajstić information content (AvgIpc) is 3.29. The molecule has 1 heterocycles. The van der Waals surface area contributed by atoms with Gasteiger partial charge in [0.1, 0.15) is 23.8 Å². The van der Waals surface area contributed by atoms with Crippen molar-refractivity contribution in [3.63, 3.8) is 0 Å². The summed E-state index contributed by atoms with van der Waals surface area (Å²) in [4.78, 5) is 10.4. The van der Waals surface area contributed by atoms with Crippen LogP contribution in [0.25, 0.3) is 16.8 Å². The van der Waals surface area contributed by atoms with E-state index in [0.29, 0.717) is 18.0 Å². The minimum absolute atomic E-state index is 0.122. The molecule has 5 nitrogen and oxygen atoms in total. The number of rotatable bonds is 7.